The summed E-state index contributed by atoms with van der Waals surface area (Å²) in [4.78, 5) is 13.3. The van der Waals surface area contributed by atoms with Crippen LogP contribution in [0.15, 0.2) is 174 Å². The van der Waals surface area contributed by atoms with Crippen LogP contribution >= 0.6 is 0 Å². The molecule has 5 nitrogen and oxygen atoms in total. The molecule has 3 heterocycles. The predicted molar refractivity (Wildman–Crippen MR) is 203 cm³/mol. The van der Waals surface area contributed by atoms with Gasteiger partial charge in [0.15, 0.2) is 17.2 Å². The van der Waals surface area contributed by atoms with Gasteiger partial charge >= 0.3 is 0 Å². The minimum Gasteiger partial charge on any atom is -0.454 e. The average molecular weight is 669 g/mol. The predicted octanol–water partition coefficient (Wildman–Crippen LogP) is 11.5. The fraction of sp³-hybridized carbons (Fsp3) is 0. The largest absolute Gasteiger partial charge is 0.454 e. The molecule has 0 unspecified atom stereocenters. The Labute approximate surface area is 327 Å². The van der Waals surface area contributed by atoms with Crippen molar-refractivity contribution in [2.75, 3.05) is 0 Å². The molecule has 0 bridgehead atoms. The lowest BCUT2D eigenvalue weighted by Gasteiger charge is -2.12. The second-order valence-electron chi connectivity index (χ2n) is 10.3. The van der Waals surface area contributed by atoms with E-state index in [1.54, 1.807) is 0 Å². The number of hydrogen-bond donors (Lipinski definition) is 0. The Morgan fingerprint density at radius 3 is 1.50 bits per heavy atom. The zero-order valence-corrected chi connectivity index (χ0v) is 24.7. The lowest BCUT2D eigenvalue weighted by atomic mass is 10.0. The van der Waals surface area contributed by atoms with Crippen molar-refractivity contribution in [3.8, 4) is 51.0 Å². The minimum absolute atomic E-state index is 0.407. The molecule has 0 amide bonds. The summed E-state index contributed by atoms with van der Waals surface area (Å²) >= 11 is 0. The van der Waals surface area contributed by atoms with Gasteiger partial charge in [-0.05, 0) is 40.4 Å². The Bertz CT molecular complexity index is 4220. The summed E-state index contributed by atoms with van der Waals surface area (Å²) < 4.78 is 253. The van der Waals surface area contributed by atoms with Crippen molar-refractivity contribution in [2.45, 2.75) is 0 Å². The van der Waals surface area contributed by atoms with Gasteiger partial charge in [-0.25, -0.2) is 4.98 Å². The number of fused-ring (bicyclic) bond motifs is 7. The number of para-hydroxylation sites is 2. The second-order valence-corrected chi connectivity index (χ2v) is 10.3. The van der Waals surface area contributed by atoms with Gasteiger partial charge in [0, 0.05) is 32.7 Å². The van der Waals surface area contributed by atoms with Crippen LogP contribution in [-0.4, -0.2) is 19.5 Å². The topological polar surface area (TPSA) is 56.7 Å². The van der Waals surface area contributed by atoms with E-state index in [4.69, 9.17) is 33.2 Å². The zero-order chi connectivity index (χ0) is 57.4. The number of nitrogens with zero attached hydrogens (tertiary/aromatic N) is 4. The van der Waals surface area contributed by atoms with Crippen molar-refractivity contribution in [3.63, 3.8) is 0 Å². The van der Waals surface area contributed by atoms with Gasteiger partial charge in [0.2, 0.25) is 5.95 Å². The van der Waals surface area contributed by atoms with Gasteiger partial charge in [-0.3, -0.25) is 4.57 Å². The molecule has 7 aromatic carbocycles. The maximum absolute atomic E-state index is 9.39. The number of aromatic nitrogens is 4. The van der Waals surface area contributed by atoms with Crippen molar-refractivity contribution in [3.05, 3.63) is 169 Å². The standard InChI is InChI=1S/C45H28N4O/c1-3-11-29(12-4-1)31-19-23-33(24-20-31)43-46-44(34-25-21-32(22-26-34)30-13-5-2-6-14-30)48-45(47-43)49-39-17-9-7-15-35(39)37-27-28-38-36-16-8-10-18-40(36)50-42(38)41(37)49/h1-28H/i1D,2D,3D,4D,5D,6D,7D,8D,9D,10D,11D,12D,13D,14D,15D,16D,17D,18D,19D,20D,21D,22D,23D,24D,25D,26D,27D,28D. The lowest BCUT2D eigenvalue weighted by molar-refractivity contribution is 0.670. The molecule has 0 N–H and O–H groups in total. The summed E-state index contributed by atoms with van der Waals surface area (Å²) in [6.07, 6.45) is 0. The third-order valence-corrected chi connectivity index (χ3v) is 7.48. The Balaban J connectivity index is 1.43. The molecule has 3 aromatic heterocycles. The second kappa shape index (κ2) is 11.4. The Morgan fingerprint density at radius 1 is 0.400 bits per heavy atom. The van der Waals surface area contributed by atoms with E-state index in [-0.39, 0.29) is 0 Å². The molecule has 0 aliphatic carbocycles. The van der Waals surface area contributed by atoms with Gasteiger partial charge in [-0.15, -0.1) is 0 Å². The monoisotopic (exact) mass is 668 g/mol. The third kappa shape index (κ3) is 4.60. The van der Waals surface area contributed by atoms with Crippen LogP contribution in [0.5, 0.6) is 0 Å². The van der Waals surface area contributed by atoms with Crippen molar-refractivity contribution in [1.29, 1.82) is 0 Å². The van der Waals surface area contributed by atoms with E-state index in [9.17, 15) is 9.60 Å². The summed E-state index contributed by atoms with van der Waals surface area (Å²) in [6, 6.07) is -25.2. The fourth-order valence-corrected chi connectivity index (χ4v) is 5.30. The van der Waals surface area contributed by atoms with Crippen molar-refractivity contribution in [2.24, 2.45) is 0 Å². The zero-order valence-electron chi connectivity index (χ0n) is 52.7. The molecule has 234 valence electrons. The Morgan fingerprint density at radius 2 is 0.880 bits per heavy atom. The van der Waals surface area contributed by atoms with Crippen LogP contribution < -0.4 is 0 Å². The van der Waals surface area contributed by atoms with Crippen LogP contribution in [0.1, 0.15) is 38.4 Å². The SMILES string of the molecule is [2H]c1c([2H])c([2H])c(-c2c([2H])c([2H])c(-c3nc(-c4c([2H])c([2H])c(-c5c([2H])c([2H])c([2H])c([2H])c5[2H])c([2H])c4[2H])nc(-n4c5c([2H])c([2H])c([2H])c([2H])c5c5c([2H])c([2H])c6c(oc7c([2H])c([2H])c([2H])c([2H])c76)c54)n3)c([2H])c2[2H])c([2H])c1[2H]. The molecule has 10 aromatic rings. The van der Waals surface area contributed by atoms with Crippen LogP contribution in [0.3, 0.4) is 0 Å². The average Bonchev–Trinajstić information content (AvgIpc) is 4.13. The van der Waals surface area contributed by atoms with Gasteiger partial charge < -0.3 is 4.42 Å². The highest BCUT2D eigenvalue weighted by Gasteiger charge is 2.22. The molecule has 0 atom stereocenters. The highest BCUT2D eigenvalue weighted by atomic mass is 16.3. The molecular formula is C45H28N4O. The van der Waals surface area contributed by atoms with Crippen LogP contribution in [-0.2, 0) is 0 Å². The molecule has 0 saturated heterocycles. The molecule has 0 radical (unpaired) electrons. The van der Waals surface area contributed by atoms with Gasteiger partial charge in [0.1, 0.15) is 11.1 Å². The first-order valence-electron chi connectivity index (χ1n) is 28.4. The summed E-state index contributed by atoms with van der Waals surface area (Å²) in [6.45, 7) is 0. The van der Waals surface area contributed by atoms with Crippen LogP contribution in [0.25, 0.3) is 94.7 Å². The first-order valence-corrected chi connectivity index (χ1v) is 14.4. The third-order valence-electron chi connectivity index (χ3n) is 7.48. The smallest absolute Gasteiger partial charge is 0.238 e. The number of hydrogen-bond acceptors (Lipinski definition) is 4. The first kappa shape index (κ1) is 11.9. The maximum Gasteiger partial charge on any atom is 0.238 e. The minimum atomic E-state index is -1.06. The van der Waals surface area contributed by atoms with E-state index in [0.717, 1.165) is 4.57 Å². The number of furan rings is 1. The Kier molecular flexibility index (Phi) is 2.72. The van der Waals surface area contributed by atoms with E-state index < -0.39 is 264 Å². The molecule has 50 heavy (non-hydrogen) atoms. The molecule has 0 aliphatic heterocycles. The van der Waals surface area contributed by atoms with E-state index in [0.29, 0.717) is 0 Å². The highest BCUT2D eigenvalue weighted by Crippen LogP contribution is 2.40. The summed E-state index contributed by atoms with van der Waals surface area (Å²) in [5.74, 6) is -2.78. The van der Waals surface area contributed by atoms with Crippen molar-refractivity contribution < 1.29 is 42.8 Å². The molecule has 0 spiro atoms. The normalized spacial score (nSPS) is 19.4. The molecule has 0 aliphatic rings. The molecule has 0 saturated carbocycles. The number of benzene rings is 7. The van der Waals surface area contributed by atoms with Crippen LogP contribution in [0, 0.1) is 0 Å². The van der Waals surface area contributed by atoms with E-state index in [1.807, 2.05) is 0 Å². The summed E-state index contributed by atoms with van der Waals surface area (Å²) in [5.41, 5.74) is -6.99. The van der Waals surface area contributed by atoms with Crippen LogP contribution in [0.4, 0.5) is 0 Å². The van der Waals surface area contributed by atoms with Crippen molar-refractivity contribution >= 4 is 43.7 Å². The number of rotatable bonds is 5. The summed E-state index contributed by atoms with van der Waals surface area (Å²) in [5, 5.41) is -1.82. The van der Waals surface area contributed by atoms with Gasteiger partial charge in [-0.1, -0.05) is 151 Å². The highest BCUT2D eigenvalue weighted by molar-refractivity contribution is 6.21. The molecule has 5 heteroatoms. The molecule has 0 fully saturated rings. The van der Waals surface area contributed by atoms with Gasteiger partial charge in [0.25, 0.3) is 0 Å². The van der Waals surface area contributed by atoms with Gasteiger partial charge in [0.05, 0.1) is 43.9 Å². The quantitative estimate of drug-likeness (QED) is 0.183. The lowest BCUT2D eigenvalue weighted by Crippen LogP contribution is -2.06. The molecular weight excluding hydrogens is 613 g/mol. The van der Waals surface area contributed by atoms with E-state index in [1.165, 1.54) is 0 Å². The van der Waals surface area contributed by atoms with Crippen molar-refractivity contribution in [1.82, 2.24) is 19.5 Å². The first-order chi connectivity index (χ1) is 36.4. The fourth-order valence-electron chi connectivity index (χ4n) is 5.30. The van der Waals surface area contributed by atoms with E-state index in [2.05, 4.69) is 15.0 Å². The van der Waals surface area contributed by atoms with Crippen LogP contribution in [0.2, 0.25) is 0 Å². The molecule has 10 rings (SSSR count). The summed E-state index contributed by atoms with van der Waals surface area (Å²) in [7, 11) is 0. The maximum atomic E-state index is 9.39. The van der Waals surface area contributed by atoms with Gasteiger partial charge in [-0.2, -0.15) is 9.97 Å². The van der Waals surface area contributed by atoms with E-state index >= 15 is 0 Å². The Hall–Kier alpha value is -6.85.